The summed E-state index contributed by atoms with van der Waals surface area (Å²) in [5, 5.41) is 4.46. The zero-order chi connectivity index (χ0) is 15.2. The molecule has 110 valence electrons. The van der Waals surface area contributed by atoms with Crippen LogP contribution in [0.4, 0.5) is 0 Å². The molecule has 0 atom stereocenters. The summed E-state index contributed by atoms with van der Waals surface area (Å²) in [5.41, 5.74) is 4.16. The van der Waals surface area contributed by atoms with Crippen LogP contribution in [0.2, 0.25) is 5.02 Å². The molecule has 5 nitrogen and oxygen atoms in total. The molecule has 1 N–H and O–H groups in total. The molecule has 0 spiro atoms. The Bertz CT molecular complexity index is 628. The maximum absolute atomic E-state index is 11.6. The summed E-state index contributed by atoms with van der Waals surface area (Å²) < 4.78 is 10.4. The summed E-state index contributed by atoms with van der Waals surface area (Å²) in [6, 6.07) is 7.03. The molecule has 0 aliphatic heterocycles. The van der Waals surface area contributed by atoms with Crippen molar-refractivity contribution >= 4 is 23.7 Å². The van der Waals surface area contributed by atoms with Gasteiger partial charge in [-0.2, -0.15) is 5.10 Å². The first-order valence-corrected chi connectivity index (χ1v) is 6.69. The van der Waals surface area contributed by atoms with E-state index in [2.05, 4.69) is 10.5 Å². The Morgan fingerprint density at radius 3 is 2.76 bits per heavy atom. The number of hydrogen-bond acceptors (Lipinski definition) is 4. The predicted molar refractivity (Wildman–Crippen MR) is 80.9 cm³/mol. The summed E-state index contributed by atoms with van der Waals surface area (Å²) in [7, 11) is 0. The van der Waals surface area contributed by atoms with Crippen LogP contribution in [-0.2, 0) is 4.79 Å². The van der Waals surface area contributed by atoms with E-state index in [0.717, 1.165) is 11.1 Å². The highest BCUT2D eigenvalue weighted by molar-refractivity contribution is 6.32. The smallest absolute Gasteiger partial charge is 0.277 e. The Labute approximate surface area is 127 Å². The van der Waals surface area contributed by atoms with Gasteiger partial charge in [-0.1, -0.05) is 11.6 Å². The van der Waals surface area contributed by atoms with Gasteiger partial charge in [0.25, 0.3) is 5.91 Å². The van der Waals surface area contributed by atoms with Gasteiger partial charge in [-0.3, -0.25) is 4.79 Å². The molecule has 0 radical (unpaired) electrons. The normalized spacial score (nSPS) is 10.8. The lowest BCUT2D eigenvalue weighted by atomic mass is 10.1. The monoisotopic (exact) mass is 306 g/mol. The number of carbonyl (C=O) groups is 1. The first-order valence-electron chi connectivity index (χ1n) is 6.31. The van der Waals surface area contributed by atoms with Gasteiger partial charge in [-0.25, -0.2) is 5.43 Å². The van der Waals surface area contributed by atoms with Crippen molar-refractivity contribution in [3.63, 3.8) is 0 Å². The molecule has 2 aromatic rings. The number of furan rings is 1. The lowest BCUT2D eigenvalue weighted by molar-refractivity contribution is -0.123. The first-order chi connectivity index (χ1) is 10.1. The molecule has 1 aromatic heterocycles. The molecule has 1 heterocycles. The van der Waals surface area contributed by atoms with E-state index in [4.69, 9.17) is 20.8 Å². The standard InChI is InChI=1S/C15H15ClN2O3/c1-10-6-13(7-11(2)15(10)16)21-9-14(19)18-17-8-12-4-3-5-20-12/h3-8H,9H2,1-2H3,(H,18,19)/b17-8+. The molecule has 0 unspecified atom stereocenters. The van der Waals surface area contributed by atoms with Crippen LogP contribution in [0, 0.1) is 13.8 Å². The molecule has 0 saturated carbocycles. The highest BCUT2D eigenvalue weighted by atomic mass is 35.5. The SMILES string of the molecule is Cc1cc(OCC(=O)N/N=C/c2ccco2)cc(C)c1Cl. The molecule has 0 saturated heterocycles. The van der Waals surface area contributed by atoms with Gasteiger partial charge in [0.15, 0.2) is 6.61 Å². The topological polar surface area (TPSA) is 63.8 Å². The largest absolute Gasteiger partial charge is 0.484 e. The number of nitrogens with zero attached hydrogens (tertiary/aromatic N) is 1. The Hall–Kier alpha value is -2.27. The fraction of sp³-hybridized carbons (Fsp3) is 0.200. The molecule has 1 aromatic carbocycles. The number of hydrazone groups is 1. The van der Waals surface area contributed by atoms with Crippen LogP contribution < -0.4 is 10.2 Å². The van der Waals surface area contributed by atoms with Crippen molar-refractivity contribution < 1.29 is 13.9 Å². The van der Waals surface area contributed by atoms with E-state index < -0.39 is 0 Å². The van der Waals surface area contributed by atoms with Gasteiger partial charge in [0, 0.05) is 5.02 Å². The second-order valence-electron chi connectivity index (χ2n) is 4.47. The lowest BCUT2D eigenvalue weighted by Crippen LogP contribution is -2.24. The third-order valence-corrected chi connectivity index (χ3v) is 3.30. The highest BCUT2D eigenvalue weighted by Gasteiger charge is 2.06. The Morgan fingerprint density at radius 2 is 2.14 bits per heavy atom. The fourth-order valence-electron chi connectivity index (χ4n) is 1.70. The van der Waals surface area contributed by atoms with Crippen molar-refractivity contribution in [1.82, 2.24) is 5.43 Å². The second kappa shape index (κ2) is 6.95. The van der Waals surface area contributed by atoms with E-state index in [-0.39, 0.29) is 12.5 Å². The van der Waals surface area contributed by atoms with E-state index in [0.29, 0.717) is 16.5 Å². The van der Waals surface area contributed by atoms with E-state index in [9.17, 15) is 4.79 Å². The third-order valence-electron chi connectivity index (χ3n) is 2.70. The predicted octanol–water partition coefficient (Wildman–Crippen LogP) is 3.08. The van der Waals surface area contributed by atoms with Crippen molar-refractivity contribution in [1.29, 1.82) is 0 Å². The number of nitrogens with one attached hydrogen (secondary N) is 1. The van der Waals surface area contributed by atoms with E-state index in [1.54, 1.807) is 24.3 Å². The quantitative estimate of drug-likeness (QED) is 0.682. The maximum Gasteiger partial charge on any atom is 0.277 e. The van der Waals surface area contributed by atoms with Gasteiger partial charge >= 0.3 is 0 Å². The zero-order valence-electron chi connectivity index (χ0n) is 11.7. The van der Waals surface area contributed by atoms with Crippen molar-refractivity contribution in [2.24, 2.45) is 5.10 Å². The number of hydrogen-bond donors (Lipinski definition) is 1. The summed E-state index contributed by atoms with van der Waals surface area (Å²) in [6.07, 6.45) is 2.94. The van der Waals surface area contributed by atoms with Gasteiger partial charge in [0.1, 0.15) is 11.5 Å². The number of rotatable bonds is 5. The number of halogens is 1. The van der Waals surface area contributed by atoms with E-state index in [1.165, 1.54) is 12.5 Å². The van der Waals surface area contributed by atoms with Gasteiger partial charge in [0.05, 0.1) is 12.5 Å². The van der Waals surface area contributed by atoms with Gasteiger partial charge in [-0.05, 0) is 49.2 Å². The average molecular weight is 307 g/mol. The number of ether oxygens (including phenoxy) is 1. The average Bonchev–Trinajstić information content (AvgIpc) is 2.95. The van der Waals surface area contributed by atoms with Gasteiger partial charge in [0.2, 0.25) is 0 Å². The molecule has 0 aliphatic carbocycles. The zero-order valence-corrected chi connectivity index (χ0v) is 12.5. The van der Waals surface area contributed by atoms with Crippen LogP contribution in [0.5, 0.6) is 5.75 Å². The minimum atomic E-state index is -0.358. The van der Waals surface area contributed by atoms with Crippen molar-refractivity contribution in [2.75, 3.05) is 6.61 Å². The Morgan fingerprint density at radius 1 is 1.43 bits per heavy atom. The number of amides is 1. The molecule has 0 aliphatic rings. The molecule has 0 bridgehead atoms. The number of carbonyl (C=O) groups excluding carboxylic acids is 1. The molecule has 0 fully saturated rings. The van der Waals surface area contributed by atoms with Gasteiger partial charge < -0.3 is 9.15 Å². The van der Waals surface area contributed by atoms with Crippen LogP contribution in [0.1, 0.15) is 16.9 Å². The Balaban J connectivity index is 1.84. The van der Waals surface area contributed by atoms with Gasteiger partial charge in [-0.15, -0.1) is 0 Å². The fourth-order valence-corrected chi connectivity index (χ4v) is 1.81. The van der Waals surface area contributed by atoms with Crippen LogP contribution in [0.3, 0.4) is 0 Å². The number of aryl methyl sites for hydroxylation is 2. The highest BCUT2D eigenvalue weighted by Crippen LogP contribution is 2.25. The summed E-state index contributed by atoms with van der Waals surface area (Å²) in [5.74, 6) is 0.794. The van der Waals surface area contributed by atoms with Crippen molar-refractivity contribution in [2.45, 2.75) is 13.8 Å². The molecule has 21 heavy (non-hydrogen) atoms. The second-order valence-corrected chi connectivity index (χ2v) is 4.85. The van der Waals surface area contributed by atoms with Crippen LogP contribution in [-0.4, -0.2) is 18.7 Å². The van der Waals surface area contributed by atoms with Crippen LogP contribution >= 0.6 is 11.6 Å². The summed E-state index contributed by atoms with van der Waals surface area (Å²) in [6.45, 7) is 3.64. The molecular formula is C15H15ClN2O3. The lowest BCUT2D eigenvalue weighted by Gasteiger charge is -2.09. The van der Waals surface area contributed by atoms with Crippen molar-refractivity contribution in [3.05, 3.63) is 52.4 Å². The number of benzene rings is 1. The molecular weight excluding hydrogens is 292 g/mol. The van der Waals surface area contributed by atoms with Crippen LogP contribution in [0.15, 0.2) is 40.0 Å². The minimum Gasteiger partial charge on any atom is -0.484 e. The minimum absolute atomic E-state index is 0.129. The first kappa shape index (κ1) is 15.1. The maximum atomic E-state index is 11.6. The van der Waals surface area contributed by atoms with Crippen molar-refractivity contribution in [3.8, 4) is 5.75 Å². The van der Waals surface area contributed by atoms with E-state index in [1.807, 2.05) is 13.8 Å². The van der Waals surface area contributed by atoms with E-state index >= 15 is 0 Å². The molecule has 6 heteroatoms. The van der Waals surface area contributed by atoms with Crippen LogP contribution in [0.25, 0.3) is 0 Å². The summed E-state index contributed by atoms with van der Waals surface area (Å²) >= 11 is 6.07. The molecule has 1 amide bonds. The molecule has 2 rings (SSSR count). The Kier molecular flexibility index (Phi) is 5.00. The summed E-state index contributed by atoms with van der Waals surface area (Å²) in [4.78, 5) is 11.6. The third kappa shape index (κ3) is 4.36.